The molecule has 0 spiro atoms. The Morgan fingerprint density at radius 3 is 1.80 bits per heavy atom. The number of nitrogens with zero attached hydrogens (tertiary/aromatic N) is 1. The molecule has 0 aliphatic carbocycles. The summed E-state index contributed by atoms with van der Waals surface area (Å²) >= 11 is 0. The average molecular weight is 432 g/mol. The van der Waals surface area contributed by atoms with E-state index in [4.69, 9.17) is 5.53 Å². The molecule has 0 fully saturated rings. The maximum atomic E-state index is 9.75. The van der Waals surface area contributed by atoms with Crippen molar-refractivity contribution in [2.45, 2.75) is 13.8 Å². The molecule has 0 aromatic heterocycles. The number of hydrogen-bond donors (Lipinski definition) is 1. The summed E-state index contributed by atoms with van der Waals surface area (Å²) in [6, 6.07) is 14.9. The molecule has 4 aromatic carbocycles. The van der Waals surface area contributed by atoms with Gasteiger partial charge in [-0.3, -0.25) is 0 Å². The van der Waals surface area contributed by atoms with Gasteiger partial charge in [0.2, 0.25) is 0 Å². The minimum Gasteiger partial charge on any atom is -0.418 e. The maximum Gasteiger partial charge on any atom is 0.673 e. The van der Waals surface area contributed by atoms with E-state index in [-0.39, 0.29) is 0 Å². The van der Waals surface area contributed by atoms with Gasteiger partial charge in [-0.05, 0) is 48.6 Å². The van der Waals surface area contributed by atoms with Gasteiger partial charge in [0.1, 0.15) is 17.5 Å². The molecule has 0 aliphatic rings. The lowest BCUT2D eigenvalue weighted by Crippen LogP contribution is -2.02. The second-order valence-corrected chi connectivity index (χ2v) is 6.46. The molecule has 1 N–H and O–H groups in total. The van der Waals surface area contributed by atoms with Crippen LogP contribution in [0.15, 0.2) is 42.5 Å². The SMILES string of the molecule is Cc1cc2ccc3[cH+]c(=[N+]=N)cc4ccc(c1C)c2c43.F[B-](F)(F)F.F[B-](F)(F)F. The minimum absolute atomic E-state index is 0.712. The van der Waals surface area contributed by atoms with Gasteiger partial charge >= 0.3 is 19.9 Å². The van der Waals surface area contributed by atoms with Crippen molar-refractivity contribution in [2.75, 3.05) is 0 Å². The zero-order chi connectivity index (χ0) is 22.9. The first-order valence-electron chi connectivity index (χ1n) is 8.50. The Morgan fingerprint density at radius 2 is 1.27 bits per heavy atom. The van der Waals surface area contributed by atoms with E-state index in [0.717, 1.165) is 10.8 Å². The quantitative estimate of drug-likeness (QED) is 0.0807. The lowest BCUT2D eigenvalue weighted by atomic mass is 9.90. The molecule has 0 radical (unpaired) electrons. The first-order chi connectivity index (χ1) is 13.7. The molecule has 4 aromatic rings. The Morgan fingerprint density at radius 1 is 0.767 bits per heavy atom. The lowest BCUT2D eigenvalue weighted by molar-refractivity contribution is -0.171. The van der Waals surface area contributed by atoms with E-state index in [1.807, 2.05) is 12.1 Å². The third kappa shape index (κ3) is 6.00. The van der Waals surface area contributed by atoms with Gasteiger partial charge in [-0.15, -0.1) is 0 Å². The summed E-state index contributed by atoms with van der Waals surface area (Å²) < 4.78 is 78.0. The lowest BCUT2D eigenvalue weighted by Gasteiger charge is -2.09. The first-order valence-corrected chi connectivity index (χ1v) is 8.50. The second kappa shape index (κ2) is 8.39. The number of nitrogens with one attached hydrogen (secondary N) is 1. The van der Waals surface area contributed by atoms with Gasteiger partial charge in [0.05, 0.1) is 21.1 Å². The standard InChI is InChI=1S/C18H14N2.2BF4/c1-10-7-12-3-4-13-8-15(20-19)9-14-5-6-16(11(10)2)18(12)17(13)14;2*2-1(3,4)5/h3-9,19H,1-2H3;;/q+2;2*-1. The Bertz CT molecular complexity index is 1230. The van der Waals surface area contributed by atoms with E-state index in [1.54, 1.807) is 0 Å². The third-order valence-corrected chi connectivity index (χ3v) is 4.36. The summed E-state index contributed by atoms with van der Waals surface area (Å²) in [5.74, 6) is 0. The van der Waals surface area contributed by atoms with Crippen molar-refractivity contribution in [2.24, 2.45) is 0 Å². The van der Waals surface area contributed by atoms with Crippen LogP contribution < -0.4 is 5.36 Å². The highest BCUT2D eigenvalue weighted by molar-refractivity contribution is 6.50. The molecular weight excluding hydrogens is 418 g/mol. The highest BCUT2D eigenvalue weighted by Crippen LogP contribution is 2.36. The molecule has 0 unspecified atom stereocenters. The molecule has 158 valence electrons. The van der Waals surface area contributed by atoms with Crippen LogP contribution in [0.1, 0.15) is 11.1 Å². The van der Waals surface area contributed by atoms with Crippen LogP contribution >= 0.6 is 0 Å². The molecule has 12 heteroatoms. The van der Waals surface area contributed by atoms with Crippen LogP contribution in [0, 0.1) is 19.4 Å². The van der Waals surface area contributed by atoms with Crippen molar-refractivity contribution in [1.29, 1.82) is 5.53 Å². The molecule has 0 aliphatic heterocycles. The fourth-order valence-electron chi connectivity index (χ4n) is 3.23. The number of halogens is 8. The maximum absolute atomic E-state index is 9.75. The Labute approximate surface area is 165 Å². The van der Waals surface area contributed by atoms with Crippen molar-refractivity contribution in [1.82, 2.24) is 0 Å². The van der Waals surface area contributed by atoms with E-state index in [9.17, 15) is 34.5 Å². The van der Waals surface area contributed by atoms with Gasteiger partial charge in [-0.1, -0.05) is 6.07 Å². The van der Waals surface area contributed by atoms with Crippen LogP contribution in [0.4, 0.5) is 34.5 Å². The van der Waals surface area contributed by atoms with Crippen molar-refractivity contribution in [3.8, 4) is 0 Å². The van der Waals surface area contributed by atoms with Crippen molar-refractivity contribution in [3.63, 3.8) is 0 Å². The fraction of sp³-hybridized carbons (Fsp3) is 0.111. The predicted molar refractivity (Wildman–Crippen MR) is 102 cm³/mol. The number of rotatable bonds is 0. The summed E-state index contributed by atoms with van der Waals surface area (Å²) in [6.07, 6.45) is 0. The summed E-state index contributed by atoms with van der Waals surface area (Å²) in [7, 11) is -12.0. The Balaban J connectivity index is 0.000000271. The monoisotopic (exact) mass is 432 g/mol. The smallest absolute Gasteiger partial charge is 0.418 e. The summed E-state index contributed by atoms with van der Waals surface area (Å²) in [5, 5.41) is 8.27. The molecule has 0 amide bonds. The van der Waals surface area contributed by atoms with E-state index >= 15 is 0 Å². The van der Waals surface area contributed by atoms with Crippen LogP contribution in [0.2, 0.25) is 0 Å². The highest BCUT2D eigenvalue weighted by atomic mass is 19.5. The van der Waals surface area contributed by atoms with Gasteiger partial charge < -0.3 is 34.5 Å². The van der Waals surface area contributed by atoms with Crippen LogP contribution in [0.25, 0.3) is 32.3 Å². The summed E-state index contributed by atoms with van der Waals surface area (Å²) in [5.41, 5.74) is 9.91. The van der Waals surface area contributed by atoms with Gasteiger partial charge in [0.15, 0.2) is 0 Å². The molecule has 2 nitrogen and oxygen atoms in total. The summed E-state index contributed by atoms with van der Waals surface area (Å²) in [4.78, 5) is 3.58. The number of benzene rings is 4. The predicted octanol–water partition coefficient (Wildman–Crippen LogP) is 6.66. The van der Waals surface area contributed by atoms with Gasteiger partial charge in [-0.25, -0.2) is 0 Å². The topological polar surface area (TPSA) is 38.0 Å². The van der Waals surface area contributed by atoms with E-state index in [0.29, 0.717) is 5.36 Å². The van der Waals surface area contributed by atoms with Crippen LogP contribution in [0.5, 0.6) is 0 Å². The molecule has 0 saturated carbocycles. The van der Waals surface area contributed by atoms with Gasteiger partial charge in [-0.2, -0.15) is 0 Å². The van der Waals surface area contributed by atoms with E-state index in [2.05, 4.69) is 49.0 Å². The normalized spacial score (nSPS) is 11.7. The molecule has 0 heterocycles. The minimum atomic E-state index is -6.00. The van der Waals surface area contributed by atoms with Crippen molar-refractivity contribution < 1.29 is 39.3 Å². The fourth-order valence-corrected chi connectivity index (χ4v) is 3.23. The van der Waals surface area contributed by atoms with Crippen LogP contribution in [-0.4, -0.2) is 19.3 Å². The number of hydrogen-bond acceptors (Lipinski definition) is 1. The average Bonchev–Trinajstić information content (AvgIpc) is 2.59. The van der Waals surface area contributed by atoms with E-state index < -0.39 is 14.5 Å². The zero-order valence-electron chi connectivity index (χ0n) is 15.7. The molecular formula is C18H14B2F8N2. The Hall–Kier alpha value is -3.00. The highest BCUT2D eigenvalue weighted by Gasteiger charge is 2.21. The molecule has 4 rings (SSSR count). The van der Waals surface area contributed by atoms with Gasteiger partial charge in [0.25, 0.3) is 0 Å². The molecule has 0 saturated heterocycles. The van der Waals surface area contributed by atoms with Crippen molar-refractivity contribution >= 4 is 46.8 Å². The second-order valence-electron chi connectivity index (χ2n) is 6.46. The molecule has 0 atom stereocenters. The van der Waals surface area contributed by atoms with Crippen LogP contribution in [0.3, 0.4) is 0 Å². The van der Waals surface area contributed by atoms with Gasteiger partial charge in [0, 0.05) is 16.8 Å². The first kappa shape index (κ1) is 23.3. The summed E-state index contributed by atoms with van der Waals surface area (Å²) in [6.45, 7) is 4.35. The number of aryl methyl sites for hydroxylation is 2. The zero-order valence-corrected chi connectivity index (χ0v) is 15.7. The largest absolute Gasteiger partial charge is 0.673 e. The van der Waals surface area contributed by atoms with Crippen LogP contribution in [-0.2, 0) is 0 Å². The molecule has 30 heavy (non-hydrogen) atoms. The third-order valence-electron chi connectivity index (χ3n) is 4.36. The molecule has 0 bridgehead atoms. The van der Waals surface area contributed by atoms with Crippen molar-refractivity contribution in [3.05, 3.63) is 58.9 Å². The van der Waals surface area contributed by atoms with E-state index in [1.165, 1.54) is 32.7 Å². The Kier molecular flexibility index (Phi) is 6.51.